The van der Waals surface area contributed by atoms with E-state index in [0.717, 1.165) is 22.3 Å². The van der Waals surface area contributed by atoms with Crippen molar-refractivity contribution in [1.29, 1.82) is 0 Å². The lowest BCUT2D eigenvalue weighted by molar-refractivity contribution is -0.0247. The smallest absolute Gasteiger partial charge is 0.254 e. The SMILES string of the molecule is Cc1cc(N)cc(C2CN(C(=O)c3ccc4ncccc4c3)CCO2)n1. The van der Waals surface area contributed by atoms with E-state index in [0.29, 0.717) is 30.9 Å². The first-order chi connectivity index (χ1) is 12.6. The van der Waals surface area contributed by atoms with Gasteiger partial charge in [-0.15, -0.1) is 0 Å². The van der Waals surface area contributed by atoms with E-state index in [1.165, 1.54) is 0 Å². The molecule has 6 nitrogen and oxygen atoms in total. The fourth-order valence-corrected chi connectivity index (χ4v) is 3.29. The van der Waals surface area contributed by atoms with Crippen molar-refractivity contribution in [3.05, 3.63) is 65.6 Å². The van der Waals surface area contributed by atoms with E-state index in [9.17, 15) is 4.79 Å². The third-order valence-corrected chi connectivity index (χ3v) is 4.53. The average molecular weight is 348 g/mol. The predicted octanol–water partition coefficient (Wildman–Crippen LogP) is 2.73. The molecule has 0 radical (unpaired) electrons. The fraction of sp³-hybridized carbons (Fsp3) is 0.250. The quantitative estimate of drug-likeness (QED) is 0.770. The van der Waals surface area contributed by atoms with Gasteiger partial charge in [-0.05, 0) is 43.3 Å². The van der Waals surface area contributed by atoms with Crippen molar-refractivity contribution >= 4 is 22.5 Å². The summed E-state index contributed by atoms with van der Waals surface area (Å²) >= 11 is 0. The van der Waals surface area contributed by atoms with Crippen LogP contribution in [0.3, 0.4) is 0 Å². The topological polar surface area (TPSA) is 81.3 Å². The molecule has 3 aromatic rings. The molecule has 1 amide bonds. The zero-order chi connectivity index (χ0) is 18.1. The molecule has 4 rings (SSSR count). The summed E-state index contributed by atoms with van der Waals surface area (Å²) in [6.45, 7) is 3.39. The number of aryl methyl sites for hydroxylation is 1. The summed E-state index contributed by atoms with van der Waals surface area (Å²) < 4.78 is 5.84. The van der Waals surface area contributed by atoms with Gasteiger partial charge in [0.25, 0.3) is 5.91 Å². The van der Waals surface area contributed by atoms with E-state index in [2.05, 4.69) is 9.97 Å². The summed E-state index contributed by atoms with van der Waals surface area (Å²) in [5, 5.41) is 0.955. The highest BCUT2D eigenvalue weighted by molar-refractivity contribution is 5.98. The Kier molecular flexibility index (Phi) is 4.26. The Bertz CT molecular complexity index is 953. The van der Waals surface area contributed by atoms with E-state index >= 15 is 0 Å². The molecule has 26 heavy (non-hydrogen) atoms. The van der Waals surface area contributed by atoms with Crippen molar-refractivity contribution in [2.24, 2.45) is 0 Å². The van der Waals surface area contributed by atoms with Gasteiger partial charge in [0, 0.05) is 35.1 Å². The number of amides is 1. The van der Waals surface area contributed by atoms with Crippen molar-refractivity contribution in [2.45, 2.75) is 13.0 Å². The van der Waals surface area contributed by atoms with Crippen molar-refractivity contribution in [3.8, 4) is 0 Å². The van der Waals surface area contributed by atoms with Crippen LogP contribution >= 0.6 is 0 Å². The fourth-order valence-electron chi connectivity index (χ4n) is 3.29. The number of fused-ring (bicyclic) bond motifs is 1. The molecule has 0 aliphatic carbocycles. The third-order valence-electron chi connectivity index (χ3n) is 4.53. The molecule has 3 heterocycles. The molecular weight excluding hydrogens is 328 g/mol. The number of nitrogens with two attached hydrogens (primary N) is 1. The van der Waals surface area contributed by atoms with Crippen LogP contribution in [-0.4, -0.2) is 40.5 Å². The predicted molar refractivity (Wildman–Crippen MR) is 99.7 cm³/mol. The van der Waals surface area contributed by atoms with Gasteiger partial charge in [0.05, 0.1) is 24.4 Å². The van der Waals surface area contributed by atoms with Gasteiger partial charge < -0.3 is 15.4 Å². The lowest BCUT2D eigenvalue weighted by Crippen LogP contribution is -2.42. The van der Waals surface area contributed by atoms with Gasteiger partial charge in [-0.1, -0.05) is 6.07 Å². The first-order valence-electron chi connectivity index (χ1n) is 8.60. The number of hydrogen-bond acceptors (Lipinski definition) is 5. The molecule has 0 saturated carbocycles. The first-order valence-corrected chi connectivity index (χ1v) is 8.60. The van der Waals surface area contributed by atoms with Gasteiger partial charge in [-0.3, -0.25) is 14.8 Å². The number of nitrogen functional groups attached to an aromatic ring is 1. The van der Waals surface area contributed by atoms with Gasteiger partial charge in [-0.2, -0.15) is 0 Å². The van der Waals surface area contributed by atoms with E-state index < -0.39 is 0 Å². The molecule has 1 fully saturated rings. The van der Waals surface area contributed by atoms with Crippen LogP contribution in [0.2, 0.25) is 0 Å². The molecule has 6 heteroatoms. The van der Waals surface area contributed by atoms with Crippen molar-refractivity contribution < 1.29 is 9.53 Å². The molecule has 0 bridgehead atoms. The molecule has 2 aromatic heterocycles. The Balaban J connectivity index is 1.57. The van der Waals surface area contributed by atoms with Crippen LogP contribution in [0.1, 0.15) is 27.8 Å². The number of hydrogen-bond donors (Lipinski definition) is 1. The number of rotatable bonds is 2. The number of anilines is 1. The number of benzene rings is 1. The van der Waals surface area contributed by atoms with Gasteiger partial charge in [0.2, 0.25) is 0 Å². The number of morpholine rings is 1. The number of carbonyl (C=O) groups is 1. The zero-order valence-corrected chi connectivity index (χ0v) is 14.6. The Hall–Kier alpha value is -2.99. The minimum atomic E-state index is -0.267. The summed E-state index contributed by atoms with van der Waals surface area (Å²) in [7, 11) is 0. The van der Waals surface area contributed by atoms with E-state index in [4.69, 9.17) is 10.5 Å². The molecule has 132 valence electrons. The molecule has 1 atom stereocenters. The summed E-state index contributed by atoms with van der Waals surface area (Å²) in [5.41, 5.74) is 9.72. The molecule has 1 aliphatic rings. The van der Waals surface area contributed by atoms with Crippen LogP contribution in [0.15, 0.2) is 48.7 Å². The number of carbonyl (C=O) groups excluding carboxylic acids is 1. The maximum absolute atomic E-state index is 13.0. The van der Waals surface area contributed by atoms with Gasteiger partial charge >= 0.3 is 0 Å². The highest BCUT2D eigenvalue weighted by Crippen LogP contribution is 2.24. The second-order valence-electron chi connectivity index (χ2n) is 6.49. The van der Waals surface area contributed by atoms with Gasteiger partial charge in [0.15, 0.2) is 0 Å². The molecular formula is C20H20N4O2. The Labute approximate surface area is 151 Å². The second kappa shape index (κ2) is 6.72. The van der Waals surface area contributed by atoms with Crippen LogP contribution in [-0.2, 0) is 4.74 Å². The summed E-state index contributed by atoms with van der Waals surface area (Å²) in [5.74, 6) is -0.00956. The Morgan fingerprint density at radius 3 is 3.00 bits per heavy atom. The lowest BCUT2D eigenvalue weighted by atomic mass is 10.1. The van der Waals surface area contributed by atoms with E-state index in [1.807, 2.05) is 54.3 Å². The highest BCUT2D eigenvalue weighted by Gasteiger charge is 2.27. The van der Waals surface area contributed by atoms with Crippen LogP contribution in [0, 0.1) is 6.92 Å². The van der Waals surface area contributed by atoms with Crippen LogP contribution in [0.5, 0.6) is 0 Å². The summed E-state index contributed by atoms with van der Waals surface area (Å²) in [6.07, 6.45) is 1.48. The van der Waals surface area contributed by atoms with Crippen LogP contribution < -0.4 is 5.73 Å². The number of nitrogens with zero attached hydrogens (tertiary/aromatic N) is 3. The van der Waals surface area contributed by atoms with Gasteiger partial charge in [0.1, 0.15) is 6.10 Å². The molecule has 2 N–H and O–H groups in total. The largest absolute Gasteiger partial charge is 0.399 e. The van der Waals surface area contributed by atoms with Crippen molar-refractivity contribution in [2.75, 3.05) is 25.4 Å². The summed E-state index contributed by atoms with van der Waals surface area (Å²) in [6, 6.07) is 13.0. The second-order valence-corrected chi connectivity index (χ2v) is 6.49. The number of ether oxygens (including phenoxy) is 1. The molecule has 1 unspecified atom stereocenters. The Morgan fingerprint density at radius 1 is 1.27 bits per heavy atom. The van der Waals surface area contributed by atoms with Crippen LogP contribution in [0.4, 0.5) is 5.69 Å². The Morgan fingerprint density at radius 2 is 2.15 bits per heavy atom. The molecule has 0 spiro atoms. The zero-order valence-electron chi connectivity index (χ0n) is 14.6. The normalized spacial score (nSPS) is 17.4. The molecule has 1 saturated heterocycles. The van der Waals surface area contributed by atoms with E-state index in [1.54, 1.807) is 6.20 Å². The first kappa shape index (κ1) is 16.5. The van der Waals surface area contributed by atoms with Crippen molar-refractivity contribution in [1.82, 2.24) is 14.9 Å². The monoisotopic (exact) mass is 348 g/mol. The summed E-state index contributed by atoms with van der Waals surface area (Å²) in [4.78, 5) is 23.6. The van der Waals surface area contributed by atoms with E-state index in [-0.39, 0.29) is 12.0 Å². The number of aromatic nitrogens is 2. The van der Waals surface area contributed by atoms with Crippen molar-refractivity contribution in [3.63, 3.8) is 0 Å². The van der Waals surface area contributed by atoms with Gasteiger partial charge in [-0.25, -0.2) is 0 Å². The minimum Gasteiger partial charge on any atom is -0.399 e. The maximum Gasteiger partial charge on any atom is 0.254 e. The minimum absolute atomic E-state index is 0.00956. The highest BCUT2D eigenvalue weighted by atomic mass is 16.5. The molecule has 1 aromatic carbocycles. The number of pyridine rings is 2. The average Bonchev–Trinajstić information content (AvgIpc) is 2.66. The molecule has 1 aliphatic heterocycles. The maximum atomic E-state index is 13.0. The lowest BCUT2D eigenvalue weighted by Gasteiger charge is -2.33. The third kappa shape index (κ3) is 3.23. The standard InChI is InChI=1S/C20H20N4O2/c1-13-9-16(21)11-18(23-13)19-12-24(7-8-26-19)20(25)15-4-5-17-14(10-15)3-2-6-22-17/h2-6,9-11,19H,7-8,12H2,1H3,(H2,21,23). The van der Waals surface area contributed by atoms with Crippen LogP contribution in [0.25, 0.3) is 10.9 Å².